The molecule has 0 aliphatic carbocycles. The predicted molar refractivity (Wildman–Crippen MR) is 61.2 cm³/mol. The van der Waals surface area contributed by atoms with Gasteiger partial charge in [0.05, 0.1) is 12.2 Å². The van der Waals surface area contributed by atoms with Crippen molar-refractivity contribution < 1.29 is 14.6 Å². The third-order valence-electron chi connectivity index (χ3n) is 1.99. The summed E-state index contributed by atoms with van der Waals surface area (Å²) in [5.41, 5.74) is 0.0567. The fourth-order valence-electron chi connectivity index (χ4n) is 1.04. The minimum Gasteiger partial charge on any atom is -0.478 e. The van der Waals surface area contributed by atoms with Crippen molar-refractivity contribution in [2.75, 3.05) is 6.61 Å². The largest absolute Gasteiger partial charge is 0.478 e. The fourth-order valence-corrected chi connectivity index (χ4v) is 1.26. The van der Waals surface area contributed by atoms with Crippen molar-refractivity contribution in [2.24, 2.45) is 5.92 Å². The summed E-state index contributed by atoms with van der Waals surface area (Å²) in [5.74, 6) is -0.229. The molecule has 1 aromatic heterocycles. The molecule has 0 amide bonds. The molecule has 0 fully saturated rings. The van der Waals surface area contributed by atoms with E-state index in [1.54, 1.807) is 0 Å². The molecule has 0 aliphatic heterocycles. The predicted octanol–water partition coefficient (Wildman–Crippen LogP) is 2.86. The van der Waals surface area contributed by atoms with E-state index < -0.39 is 5.97 Å². The first-order valence-electron chi connectivity index (χ1n) is 5.02. The number of carbonyl (C=O) groups is 1. The molecule has 0 radical (unpaired) electrons. The highest BCUT2D eigenvalue weighted by molar-refractivity contribution is 6.32. The molecule has 0 aromatic carbocycles. The summed E-state index contributed by atoms with van der Waals surface area (Å²) in [4.78, 5) is 14.5. The van der Waals surface area contributed by atoms with Crippen LogP contribution in [0, 0.1) is 5.92 Å². The van der Waals surface area contributed by atoms with Crippen LogP contribution >= 0.6 is 11.6 Å². The Morgan fingerprint density at radius 2 is 2.31 bits per heavy atom. The van der Waals surface area contributed by atoms with E-state index in [1.807, 2.05) is 0 Å². The van der Waals surface area contributed by atoms with Crippen LogP contribution in [-0.2, 0) is 0 Å². The molecule has 0 bridgehead atoms. The Balaban J connectivity index is 2.64. The standard InChI is InChI=1S/C11H14ClNO3/c1-7(2)3-4-16-10-9(12)5-8(6-13-10)11(14)15/h5-7H,3-4H2,1-2H3,(H,14,15). The summed E-state index contributed by atoms with van der Waals surface area (Å²) in [6, 6.07) is 1.33. The van der Waals surface area contributed by atoms with Gasteiger partial charge in [0.15, 0.2) is 0 Å². The Kier molecular flexibility index (Phi) is 4.55. The number of hydrogen-bond donors (Lipinski definition) is 1. The molecule has 1 heterocycles. The molecule has 0 atom stereocenters. The van der Waals surface area contributed by atoms with Crippen LogP contribution in [0.2, 0.25) is 5.02 Å². The maximum atomic E-state index is 10.6. The highest BCUT2D eigenvalue weighted by atomic mass is 35.5. The van der Waals surface area contributed by atoms with Crippen molar-refractivity contribution >= 4 is 17.6 Å². The molecule has 0 unspecified atom stereocenters. The normalized spacial score (nSPS) is 10.5. The quantitative estimate of drug-likeness (QED) is 0.864. The highest BCUT2D eigenvalue weighted by Gasteiger charge is 2.09. The summed E-state index contributed by atoms with van der Waals surface area (Å²) in [5, 5.41) is 8.94. The zero-order valence-electron chi connectivity index (χ0n) is 9.24. The molecular weight excluding hydrogens is 230 g/mol. The van der Waals surface area contributed by atoms with E-state index >= 15 is 0 Å². The van der Waals surface area contributed by atoms with Crippen LogP contribution in [-0.4, -0.2) is 22.7 Å². The lowest BCUT2D eigenvalue weighted by Gasteiger charge is -2.08. The third kappa shape index (κ3) is 3.70. The molecule has 0 saturated carbocycles. The number of aromatic carboxylic acids is 1. The Morgan fingerprint density at radius 3 is 2.81 bits per heavy atom. The smallest absolute Gasteiger partial charge is 0.337 e. The highest BCUT2D eigenvalue weighted by Crippen LogP contribution is 2.22. The van der Waals surface area contributed by atoms with Crippen LogP contribution in [0.25, 0.3) is 0 Å². The summed E-state index contributed by atoms with van der Waals surface area (Å²) in [6.07, 6.45) is 2.14. The summed E-state index contributed by atoms with van der Waals surface area (Å²) in [7, 11) is 0. The molecule has 5 heteroatoms. The van der Waals surface area contributed by atoms with Gasteiger partial charge >= 0.3 is 5.97 Å². The van der Waals surface area contributed by atoms with Crippen LogP contribution in [0.3, 0.4) is 0 Å². The van der Waals surface area contributed by atoms with E-state index in [1.165, 1.54) is 12.3 Å². The molecule has 1 aromatic rings. The Bertz CT molecular complexity index is 379. The minimum atomic E-state index is -1.05. The summed E-state index contributed by atoms with van der Waals surface area (Å²) >= 11 is 5.84. The molecule has 0 saturated heterocycles. The van der Waals surface area contributed by atoms with E-state index in [2.05, 4.69) is 18.8 Å². The van der Waals surface area contributed by atoms with Gasteiger partial charge in [-0.25, -0.2) is 9.78 Å². The lowest BCUT2D eigenvalue weighted by molar-refractivity contribution is 0.0696. The fraction of sp³-hybridized carbons (Fsp3) is 0.455. The second kappa shape index (κ2) is 5.70. The SMILES string of the molecule is CC(C)CCOc1ncc(C(=O)O)cc1Cl. The second-order valence-electron chi connectivity index (χ2n) is 3.85. The number of pyridine rings is 1. The average Bonchev–Trinajstić information content (AvgIpc) is 2.19. The monoisotopic (exact) mass is 243 g/mol. The van der Waals surface area contributed by atoms with Gasteiger partial charge in [0.1, 0.15) is 5.02 Å². The van der Waals surface area contributed by atoms with E-state index in [-0.39, 0.29) is 16.5 Å². The van der Waals surface area contributed by atoms with Gasteiger partial charge < -0.3 is 9.84 Å². The van der Waals surface area contributed by atoms with Gasteiger partial charge in [0.25, 0.3) is 0 Å². The number of carboxylic acids is 1. The Labute approximate surface area is 99.2 Å². The van der Waals surface area contributed by atoms with Gasteiger partial charge in [-0.1, -0.05) is 25.4 Å². The number of rotatable bonds is 5. The number of aromatic nitrogens is 1. The van der Waals surface area contributed by atoms with Crippen molar-refractivity contribution in [1.29, 1.82) is 0 Å². The van der Waals surface area contributed by atoms with Gasteiger partial charge in [-0.3, -0.25) is 0 Å². The zero-order valence-corrected chi connectivity index (χ0v) is 9.99. The lowest BCUT2D eigenvalue weighted by atomic mass is 10.1. The van der Waals surface area contributed by atoms with Gasteiger partial charge in [0.2, 0.25) is 5.88 Å². The van der Waals surface area contributed by atoms with Gasteiger partial charge in [-0.15, -0.1) is 0 Å². The first-order chi connectivity index (χ1) is 7.50. The Hall–Kier alpha value is -1.29. The molecule has 88 valence electrons. The van der Waals surface area contributed by atoms with Crippen molar-refractivity contribution in [3.63, 3.8) is 0 Å². The summed E-state index contributed by atoms with van der Waals surface area (Å²) < 4.78 is 5.35. The van der Waals surface area contributed by atoms with E-state index in [0.717, 1.165) is 6.42 Å². The van der Waals surface area contributed by atoms with Crippen molar-refractivity contribution in [2.45, 2.75) is 20.3 Å². The van der Waals surface area contributed by atoms with Crippen molar-refractivity contribution in [3.05, 3.63) is 22.8 Å². The van der Waals surface area contributed by atoms with Crippen LogP contribution in [0.5, 0.6) is 5.88 Å². The molecule has 0 spiro atoms. The minimum absolute atomic E-state index is 0.0567. The summed E-state index contributed by atoms with van der Waals surface area (Å²) in [6.45, 7) is 4.70. The number of ether oxygens (including phenoxy) is 1. The Morgan fingerprint density at radius 1 is 1.62 bits per heavy atom. The maximum absolute atomic E-state index is 10.6. The lowest BCUT2D eigenvalue weighted by Crippen LogP contribution is -2.04. The second-order valence-corrected chi connectivity index (χ2v) is 4.25. The molecule has 0 aliphatic rings. The van der Waals surface area contributed by atoms with E-state index in [0.29, 0.717) is 12.5 Å². The van der Waals surface area contributed by atoms with E-state index in [9.17, 15) is 4.79 Å². The first kappa shape index (κ1) is 12.8. The number of nitrogens with zero attached hydrogens (tertiary/aromatic N) is 1. The van der Waals surface area contributed by atoms with Crippen LogP contribution in [0.1, 0.15) is 30.6 Å². The third-order valence-corrected chi connectivity index (χ3v) is 2.26. The molecule has 1 N–H and O–H groups in total. The average molecular weight is 244 g/mol. The van der Waals surface area contributed by atoms with Crippen LogP contribution in [0.4, 0.5) is 0 Å². The van der Waals surface area contributed by atoms with E-state index in [4.69, 9.17) is 21.4 Å². The number of halogens is 1. The van der Waals surface area contributed by atoms with Crippen LogP contribution < -0.4 is 4.74 Å². The topological polar surface area (TPSA) is 59.4 Å². The maximum Gasteiger partial charge on any atom is 0.337 e. The molecule has 1 rings (SSSR count). The zero-order chi connectivity index (χ0) is 12.1. The van der Waals surface area contributed by atoms with Crippen molar-refractivity contribution in [3.8, 4) is 5.88 Å². The van der Waals surface area contributed by atoms with Gasteiger partial charge in [0, 0.05) is 6.20 Å². The van der Waals surface area contributed by atoms with Crippen LogP contribution in [0.15, 0.2) is 12.3 Å². The molecular formula is C11H14ClNO3. The molecule has 4 nitrogen and oxygen atoms in total. The first-order valence-corrected chi connectivity index (χ1v) is 5.40. The van der Waals surface area contributed by atoms with Gasteiger partial charge in [-0.2, -0.15) is 0 Å². The number of hydrogen-bond acceptors (Lipinski definition) is 3. The number of carboxylic acid groups (broad SMARTS) is 1. The molecule has 16 heavy (non-hydrogen) atoms. The van der Waals surface area contributed by atoms with Gasteiger partial charge in [-0.05, 0) is 18.4 Å². The van der Waals surface area contributed by atoms with Crippen molar-refractivity contribution in [1.82, 2.24) is 4.98 Å².